The van der Waals surface area contributed by atoms with Gasteiger partial charge >= 0.3 is 0 Å². The van der Waals surface area contributed by atoms with E-state index in [1.807, 2.05) is 53.4 Å². The lowest BCUT2D eigenvalue weighted by molar-refractivity contribution is -0.129. The molecule has 2 aromatic carbocycles. The minimum atomic E-state index is -0.425. The molecule has 0 aliphatic heterocycles. The highest BCUT2D eigenvalue weighted by Crippen LogP contribution is 2.19. The number of ether oxygens (including phenoxy) is 1. The van der Waals surface area contributed by atoms with Crippen molar-refractivity contribution in [1.82, 2.24) is 9.47 Å². The minimum absolute atomic E-state index is 0.0186. The van der Waals surface area contributed by atoms with Gasteiger partial charge in [-0.1, -0.05) is 18.2 Å². The van der Waals surface area contributed by atoms with Gasteiger partial charge in [-0.2, -0.15) is 0 Å². The summed E-state index contributed by atoms with van der Waals surface area (Å²) in [6.45, 7) is 0.348. The molecule has 0 aliphatic carbocycles. The van der Waals surface area contributed by atoms with Crippen molar-refractivity contribution in [3.8, 4) is 11.4 Å². The number of amides is 1. The van der Waals surface area contributed by atoms with Crippen LogP contribution in [0.4, 0.5) is 4.39 Å². The lowest BCUT2D eigenvalue weighted by atomic mass is 10.1. The molecule has 4 nitrogen and oxygen atoms in total. The molecular formula is C21H21FN2O2. The van der Waals surface area contributed by atoms with E-state index in [1.165, 1.54) is 13.2 Å². The Morgan fingerprint density at radius 2 is 1.73 bits per heavy atom. The van der Waals surface area contributed by atoms with Crippen LogP contribution in [-0.4, -0.2) is 29.5 Å². The van der Waals surface area contributed by atoms with Gasteiger partial charge in [-0.05, 0) is 47.5 Å². The zero-order chi connectivity index (χ0) is 18.5. The van der Waals surface area contributed by atoms with Crippen LogP contribution in [0.5, 0.6) is 5.75 Å². The normalized spacial score (nSPS) is 10.6. The molecule has 1 heterocycles. The Balaban J connectivity index is 1.61. The van der Waals surface area contributed by atoms with Crippen LogP contribution in [0, 0.1) is 5.82 Å². The zero-order valence-electron chi connectivity index (χ0n) is 14.9. The second-order valence-corrected chi connectivity index (χ2v) is 6.15. The molecule has 0 atom stereocenters. The molecule has 0 saturated heterocycles. The molecule has 0 spiro atoms. The highest BCUT2D eigenvalue weighted by Gasteiger charge is 2.12. The number of carbonyl (C=O) groups excluding carboxylic acids is 1. The molecule has 134 valence electrons. The molecule has 0 fully saturated rings. The topological polar surface area (TPSA) is 34.5 Å². The summed E-state index contributed by atoms with van der Waals surface area (Å²) in [7, 11) is 3.15. The quantitative estimate of drug-likeness (QED) is 0.676. The lowest BCUT2D eigenvalue weighted by Gasteiger charge is -2.18. The number of benzene rings is 2. The van der Waals surface area contributed by atoms with Crippen LogP contribution in [0.25, 0.3) is 5.69 Å². The Hall–Kier alpha value is -3.08. The van der Waals surface area contributed by atoms with Gasteiger partial charge in [-0.3, -0.25) is 4.79 Å². The summed E-state index contributed by atoms with van der Waals surface area (Å²) in [5.74, 6) is -0.244. The van der Waals surface area contributed by atoms with E-state index < -0.39 is 5.82 Å². The van der Waals surface area contributed by atoms with Gasteiger partial charge < -0.3 is 14.2 Å². The van der Waals surface area contributed by atoms with Crippen molar-refractivity contribution in [2.75, 3.05) is 14.2 Å². The van der Waals surface area contributed by atoms with Crippen molar-refractivity contribution in [3.63, 3.8) is 0 Å². The Labute approximate surface area is 152 Å². The van der Waals surface area contributed by atoms with Gasteiger partial charge in [-0.25, -0.2) is 4.39 Å². The molecule has 5 heteroatoms. The third kappa shape index (κ3) is 4.11. The van der Waals surface area contributed by atoms with Gasteiger partial charge in [0.15, 0.2) is 11.6 Å². The van der Waals surface area contributed by atoms with Crippen molar-refractivity contribution in [3.05, 3.63) is 83.9 Å². The number of rotatable bonds is 6. The Morgan fingerprint density at radius 1 is 1.08 bits per heavy atom. The molecule has 1 aromatic heterocycles. The number of aromatic nitrogens is 1. The van der Waals surface area contributed by atoms with Crippen LogP contribution in [-0.2, 0) is 17.8 Å². The summed E-state index contributed by atoms with van der Waals surface area (Å²) in [5.41, 5.74) is 2.72. The molecule has 26 heavy (non-hydrogen) atoms. The van der Waals surface area contributed by atoms with E-state index in [0.29, 0.717) is 13.0 Å². The van der Waals surface area contributed by atoms with Crippen molar-refractivity contribution in [2.24, 2.45) is 0 Å². The van der Waals surface area contributed by atoms with Crippen LogP contribution >= 0.6 is 0 Å². The smallest absolute Gasteiger partial charge is 0.227 e. The Bertz CT molecular complexity index is 874. The first-order chi connectivity index (χ1) is 12.6. The highest BCUT2D eigenvalue weighted by molar-refractivity contribution is 5.78. The molecule has 0 N–H and O–H groups in total. The maximum Gasteiger partial charge on any atom is 0.227 e. The molecule has 3 rings (SSSR count). The van der Waals surface area contributed by atoms with E-state index in [4.69, 9.17) is 4.74 Å². The van der Waals surface area contributed by atoms with Crippen LogP contribution in [0.15, 0.2) is 67.0 Å². The number of hydrogen-bond donors (Lipinski definition) is 0. The predicted octanol–water partition coefficient (Wildman–Crippen LogP) is 3.83. The largest absolute Gasteiger partial charge is 0.494 e. The molecule has 0 saturated carbocycles. The van der Waals surface area contributed by atoms with E-state index in [2.05, 4.69) is 0 Å². The number of likely N-dealkylation sites (N-methyl/N-ethyl adjacent to an activating group) is 1. The van der Waals surface area contributed by atoms with E-state index in [1.54, 1.807) is 24.1 Å². The van der Waals surface area contributed by atoms with Gasteiger partial charge in [0.25, 0.3) is 0 Å². The van der Waals surface area contributed by atoms with E-state index in [-0.39, 0.29) is 11.7 Å². The van der Waals surface area contributed by atoms with Crippen LogP contribution in [0.3, 0.4) is 0 Å². The van der Waals surface area contributed by atoms with Crippen LogP contribution < -0.4 is 4.74 Å². The summed E-state index contributed by atoms with van der Waals surface area (Å²) >= 11 is 0. The Morgan fingerprint density at radius 3 is 2.35 bits per heavy atom. The fourth-order valence-corrected chi connectivity index (χ4v) is 2.77. The summed E-state index contributed by atoms with van der Waals surface area (Å²) < 4.78 is 20.7. The van der Waals surface area contributed by atoms with Crippen molar-refractivity contribution < 1.29 is 13.9 Å². The van der Waals surface area contributed by atoms with Gasteiger partial charge in [0.1, 0.15) is 0 Å². The van der Waals surface area contributed by atoms with Gasteiger partial charge in [0.05, 0.1) is 13.5 Å². The first-order valence-corrected chi connectivity index (χ1v) is 8.35. The summed E-state index contributed by atoms with van der Waals surface area (Å²) in [6, 6.07) is 16.5. The van der Waals surface area contributed by atoms with E-state index in [9.17, 15) is 9.18 Å². The van der Waals surface area contributed by atoms with Crippen LogP contribution in [0.1, 0.15) is 11.1 Å². The maximum absolute atomic E-state index is 13.8. The highest BCUT2D eigenvalue weighted by atomic mass is 19.1. The second-order valence-electron chi connectivity index (χ2n) is 6.15. The van der Waals surface area contributed by atoms with Crippen molar-refractivity contribution >= 4 is 5.91 Å². The zero-order valence-corrected chi connectivity index (χ0v) is 14.9. The third-order valence-corrected chi connectivity index (χ3v) is 4.26. The second kappa shape index (κ2) is 7.87. The van der Waals surface area contributed by atoms with E-state index in [0.717, 1.165) is 16.8 Å². The third-order valence-electron chi connectivity index (χ3n) is 4.26. The lowest BCUT2D eigenvalue weighted by Crippen LogP contribution is -2.27. The Kier molecular flexibility index (Phi) is 5.37. The van der Waals surface area contributed by atoms with E-state index >= 15 is 0 Å². The molecule has 3 aromatic rings. The predicted molar refractivity (Wildman–Crippen MR) is 98.9 cm³/mol. The molecule has 1 amide bonds. The fourth-order valence-electron chi connectivity index (χ4n) is 2.77. The summed E-state index contributed by atoms with van der Waals surface area (Å²) in [6.07, 6.45) is 4.25. The first kappa shape index (κ1) is 17.7. The monoisotopic (exact) mass is 352 g/mol. The van der Waals surface area contributed by atoms with Crippen molar-refractivity contribution in [1.29, 1.82) is 0 Å². The number of hydrogen-bond acceptors (Lipinski definition) is 2. The SMILES string of the molecule is COc1ccc(CN(C)C(=O)Cc2ccc(-n3cccc3)cc2)cc1F. The number of carbonyl (C=O) groups is 1. The molecule has 0 unspecified atom stereocenters. The average molecular weight is 352 g/mol. The number of halogens is 1. The van der Waals surface area contributed by atoms with Crippen LogP contribution in [0.2, 0.25) is 0 Å². The molecular weight excluding hydrogens is 331 g/mol. The van der Waals surface area contributed by atoms with Gasteiger partial charge in [-0.15, -0.1) is 0 Å². The average Bonchev–Trinajstić information content (AvgIpc) is 3.17. The maximum atomic E-state index is 13.8. The summed E-state index contributed by atoms with van der Waals surface area (Å²) in [4.78, 5) is 14.0. The minimum Gasteiger partial charge on any atom is -0.494 e. The summed E-state index contributed by atoms with van der Waals surface area (Å²) in [5, 5.41) is 0. The number of nitrogens with zero attached hydrogens (tertiary/aromatic N) is 2. The van der Waals surface area contributed by atoms with Gasteiger partial charge in [0, 0.05) is 31.7 Å². The molecule has 0 radical (unpaired) electrons. The number of methoxy groups -OCH3 is 1. The van der Waals surface area contributed by atoms with Crippen molar-refractivity contribution in [2.45, 2.75) is 13.0 Å². The molecule has 0 bridgehead atoms. The van der Waals surface area contributed by atoms with Gasteiger partial charge in [0.2, 0.25) is 5.91 Å². The standard InChI is InChI=1S/C21H21FN2O2/c1-23(15-17-7-10-20(26-2)19(22)13-17)21(25)14-16-5-8-18(9-6-16)24-11-3-4-12-24/h3-13H,14-15H2,1-2H3. The first-order valence-electron chi connectivity index (χ1n) is 8.35. The molecule has 0 aliphatic rings. The fraction of sp³-hybridized carbons (Fsp3) is 0.190.